The van der Waals surface area contributed by atoms with Gasteiger partial charge in [0, 0.05) is 10.6 Å². The molecule has 1 aromatic carbocycles. The summed E-state index contributed by atoms with van der Waals surface area (Å²) in [6, 6.07) is 3.76. The Morgan fingerprint density at radius 3 is 2.53 bits per heavy atom. The van der Waals surface area contributed by atoms with Gasteiger partial charge in [-0.15, -0.1) is 0 Å². The molecule has 0 bridgehead atoms. The molecule has 0 radical (unpaired) electrons. The Balaban J connectivity index is 2.90. The normalized spacial score (nSPS) is 10.9. The van der Waals surface area contributed by atoms with Crippen LogP contribution in [0.3, 0.4) is 0 Å². The van der Waals surface area contributed by atoms with Crippen LogP contribution in [0.5, 0.6) is 0 Å². The molecule has 0 aromatic heterocycles. The van der Waals surface area contributed by atoms with Crippen molar-refractivity contribution >= 4 is 29.3 Å². The monoisotopic (exact) mass is 284 g/mol. The van der Waals surface area contributed by atoms with Gasteiger partial charge in [-0.3, -0.25) is 0 Å². The summed E-state index contributed by atoms with van der Waals surface area (Å²) in [4.78, 5) is 22.9. The number of anilines is 1. The van der Waals surface area contributed by atoms with Gasteiger partial charge in [-0.1, -0.05) is 18.5 Å². The quantitative estimate of drug-likeness (QED) is 0.793. The first-order valence-corrected chi connectivity index (χ1v) is 6.25. The first-order chi connectivity index (χ1) is 8.75. The van der Waals surface area contributed by atoms with E-state index in [2.05, 4.69) is 10.6 Å². The molecule has 2 amide bonds. The Hall–Kier alpha value is -1.75. The van der Waals surface area contributed by atoms with Gasteiger partial charge >= 0.3 is 12.0 Å². The molecular weight excluding hydrogens is 268 g/mol. The minimum Gasteiger partial charge on any atom is -0.478 e. The zero-order valence-corrected chi connectivity index (χ0v) is 11.8. The summed E-state index contributed by atoms with van der Waals surface area (Å²) in [5.41, 5.74) is -0.204. The number of hydrogen-bond donors (Lipinski definition) is 3. The lowest BCUT2D eigenvalue weighted by Crippen LogP contribution is -2.45. The molecule has 0 heterocycles. The first kappa shape index (κ1) is 15.3. The third-order valence-electron chi connectivity index (χ3n) is 2.80. The smallest absolute Gasteiger partial charge is 0.337 e. The fraction of sp³-hybridized carbons (Fsp3) is 0.385. The van der Waals surface area contributed by atoms with E-state index in [1.165, 1.54) is 18.2 Å². The van der Waals surface area contributed by atoms with E-state index in [-0.39, 0.29) is 16.8 Å². The standard InChI is InChI=1S/C13H17ClN2O3/c1-4-13(2,3)16-12(19)15-10-7-8(14)5-6-9(10)11(17)18/h5-7H,4H2,1-3H3,(H,17,18)(H2,15,16,19). The van der Waals surface area contributed by atoms with Crippen LogP contribution in [0.2, 0.25) is 5.02 Å². The highest BCUT2D eigenvalue weighted by molar-refractivity contribution is 6.31. The van der Waals surface area contributed by atoms with Crippen LogP contribution in [-0.2, 0) is 0 Å². The Bertz CT molecular complexity index is 501. The number of carboxylic acid groups (broad SMARTS) is 1. The van der Waals surface area contributed by atoms with Gasteiger partial charge < -0.3 is 15.7 Å². The molecule has 6 heteroatoms. The van der Waals surface area contributed by atoms with E-state index in [1.807, 2.05) is 20.8 Å². The van der Waals surface area contributed by atoms with Gasteiger partial charge in [-0.05, 0) is 38.5 Å². The van der Waals surface area contributed by atoms with Crippen molar-refractivity contribution in [2.45, 2.75) is 32.7 Å². The molecule has 0 saturated carbocycles. The number of hydrogen-bond acceptors (Lipinski definition) is 2. The zero-order chi connectivity index (χ0) is 14.6. The van der Waals surface area contributed by atoms with Crippen LogP contribution in [0.1, 0.15) is 37.6 Å². The number of amides is 2. The number of benzene rings is 1. The van der Waals surface area contributed by atoms with Crippen molar-refractivity contribution in [2.24, 2.45) is 0 Å². The van der Waals surface area contributed by atoms with Gasteiger partial charge in [-0.25, -0.2) is 9.59 Å². The third kappa shape index (κ3) is 4.44. The van der Waals surface area contributed by atoms with Gasteiger partial charge in [0.2, 0.25) is 0 Å². The van der Waals surface area contributed by atoms with Gasteiger partial charge in [-0.2, -0.15) is 0 Å². The second-order valence-electron chi connectivity index (χ2n) is 4.81. The lowest BCUT2D eigenvalue weighted by atomic mass is 10.0. The topological polar surface area (TPSA) is 78.4 Å². The maximum atomic E-state index is 11.8. The van der Waals surface area contributed by atoms with Gasteiger partial charge in [0.25, 0.3) is 0 Å². The van der Waals surface area contributed by atoms with Crippen LogP contribution in [0, 0.1) is 0 Å². The highest BCUT2D eigenvalue weighted by Gasteiger charge is 2.19. The van der Waals surface area contributed by atoms with E-state index >= 15 is 0 Å². The lowest BCUT2D eigenvalue weighted by molar-refractivity contribution is 0.0698. The van der Waals surface area contributed by atoms with Gasteiger partial charge in [0.05, 0.1) is 11.3 Å². The van der Waals surface area contributed by atoms with Crippen molar-refractivity contribution < 1.29 is 14.7 Å². The summed E-state index contributed by atoms with van der Waals surface area (Å²) in [6.07, 6.45) is 0.752. The zero-order valence-electron chi connectivity index (χ0n) is 11.1. The number of rotatable bonds is 4. The Labute approximate surface area is 117 Å². The van der Waals surface area contributed by atoms with E-state index < -0.39 is 12.0 Å². The van der Waals surface area contributed by atoms with Crippen LogP contribution in [0.4, 0.5) is 10.5 Å². The molecule has 0 spiro atoms. The summed E-state index contributed by atoms with van der Waals surface area (Å²) in [7, 11) is 0. The molecule has 0 aliphatic heterocycles. The molecule has 0 fully saturated rings. The fourth-order valence-corrected chi connectivity index (χ4v) is 1.53. The van der Waals surface area contributed by atoms with Gasteiger partial charge in [0.15, 0.2) is 0 Å². The van der Waals surface area contributed by atoms with E-state index in [0.717, 1.165) is 6.42 Å². The summed E-state index contributed by atoms with van der Waals surface area (Å²) in [5, 5.41) is 14.7. The lowest BCUT2D eigenvalue weighted by Gasteiger charge is -2.24. The number of carbonyl (C=O) groups excluding carboxylic acids is 1. The molecule has 0 aliphatic carbocycles. The number of nitrogens with one attached hydrogen (secondary N) is 2. The Morgan fingerprint density at radius 1 is 1.37 bits per heavy atom. The highest BCUT2D eigenvalue weighted by Crippen LogP contribution is 2.21. The van der Waals surface area contributed by atoms with E-state index in [4.69, 9.17) is 16.7 Å². The molecule has 3 N–H and O–H groups in total. The first-order valence-electron chi connectivity index (χ1n) is 5.87. The predicted molar refractivity (Wildman–Crippen MR) is 74.9 cm³/mol. The molecule has 104 valence electrons. The third-order valence-corrected chi connectivity index (χ3v) is 3.03. The minimum atomic E-state index is -1.12. The average molecular weight is 285 g/mol. The largest absolute Gasteiger partial charge is 0.478 e. The number of carboxylic acids is 1. The number of halogens is 1. The number of urea groups is 1. The van der Waals surface area contributed by atoms with Gasteiger partial charge in [0.1, 0.15) is 0 Å². The Kier molecular flexibility index (Phi) is 4.78. The highest BCUT2D eigenvalue weighted by atomic mass is 35.5. The molecule has 19 heavy (non-hydrogen) atoms. The number of aromatic carboxylic acids is 1. The fourth-order valence-electron chi connectivity index (χ4n) is 1.36. The van der Waals surface area contributed by atoms with Crippen LogP contribution in [0.15, 0.2) is 18.2 Å². The van der Waals surface area contributed by atoms with Crippen LogP contribution >= 0.6 is 11.6 Å². The van der Waals surface area contributed by atoms with Crippen molar-refractivity contribution in [3.63, 3.8) is 0 Å². The van der Waals surface area contributed by atoms with E-state index in [9.17, 15) is 9.59 Å². The summed E-state index contributed by atoms with van der Waals surface area (Å²) < 4.78 is 0. The second kappa shape index (κ2) is 5.93. The van der Waals surface area contributed by atoms with Crippen LogP contribution < -0.4 is 10.6 Å². The van der Waals surface area contributed by atoms with Crippen LogP contribution in [0.25, 0.3) is 0 Å². The van der Waals surface area contributed by atoms with Crippen molar-refractivity contribution in [3.8, 4) is 0 Å². The van der Waals surface area contributed by atoms with Crippen molar-refractivity contribution in [3.05, 3.63) is 28.8 Å². The maximum Gasteiger partial charge on any atom is 0.337 e. The van der Waals surface area contributed by atoms with Crippen LogP contribution in [-0.4, -0.2) is 22.6 Å². The number of carbonyl (C=O) groups is 2. The molecule has 1 aromatic rings. The second-order valence-corrected chi connectivity index (χ2v) is 5.25. The minimum absolute atomic E-state index is 0.00569. The van der Waals surface area contributed by atoms with Crippen molar-refractivity contribution in [2.75, 3.05) is 5.32 Å². The average Bonchev–Trinajstić information content (AvgIpc) is 2.27. The molecule has 1 rings (SSSR count). The summed E-state index contributed by atoms with van der Waals surface area (Å²) in [6.45, 7) is 5.70. The molecule has 0 atom stereocenters. The van der Waals surface area contributed by atoms with Crippen molar-refractivity contribution in [1.82, 2.24) is 5.32 Å². The SMILES string of the molecule is CCC(C)(C)NC(=O)Nc1cc(Cl)ccc1C(=O)O. The van der Waals surface area contributed by atoms with E-state index in [0.29, 0.717) is 5.02 Å². The maximum absolute atomic E-state index is 11.8. The molecule has 0 unspecified atom stereocenters. The predicted octanol–water partition coefficient (Wildman–Crippen LogP) is 3.35. The molecule has 0 aliphatic rings. The van der Waals surface area contributed by atoms with E-state index in [1.54, 1.807) is 0 Å². The molecule has 5 nitrogen and oxygen atoms in total. The molecular formula is C13H17ClN2O3. The summed E-state index contributed by atoms with van der Waals surface area (Å²) >= 11 is 5.80. The van der Waals surface area contributed by atoms with Crippen molar-refractivity contribution in [1.29, 1.82) is 0 Å². The molecule has 0 saturated heterocycles. The Morgan fingerprint density at radius 2 is 2.00 bits per heavy atom. The summed E-state index contributed by atoms with van der Waals surface area (Å²) in [5.74, 6) is -1.12.